The molecule has 1 aromatic carbocycles. The van der Waals surface area contributed by atoms with Gasteiger partial charge in [-0.15, -0.1) is 0 Å². The topological polar surface area (TPSA) is 29.9 Å². The van der Waals surface area contributed by atoms with Crippen molar-refractivity contribution in [2.45, 2.75) is 38.8 Å². The van der Waals surface area contributed by atoms with E-state index in [2.05, 4.69) is 60.8 Å². The Morgan fingerprint density at radius 3 is 2.89 bits per heavy atom. The molecule has 3 heteroatoms. The van der Waals surface area contributed by atoms with Crippen LogP contribution >= 0.6 is 0 Å². The first-order valence-electron chi connectivity index (χ1n) is 7.06. The smallest absolute Gasteiger partial charge is 0.0762 e. The van der Waals surface area contributed by atoms with Gasteiger partial charge in [0.25, 0.3) is 0 Å². The Balaban J connectivity index is 1.49. The molecular weight excluding hydrogens is 234 g/mol. The van der Waals surface area contributed by atoms with Crippen molar-refractivity contribution in [1.82, 2.24) is 15.1 Å². The summed E-state index contributed by atoms with van der Waals surface area (Å²) in [6, 6.07) is 11.3. The van der Waals surface area contributed by atoms with E-state index in [4.69, 9.17) is 0 Å². The molecule has 3 rings (SSSR count). The molecule has 0 bridgehead atoms. The summed E-state index contributed by atoms with van der Waals surface area (Å²) in [6.45, 7) is 6.20. The normalized spacial score (nSPS) is 17.3. The highest BCUT2D eigenvalue weighted by molar-refractivity contribution is 5.40. The lowest BCUT2D eigenvalue weighted by atomic mass is 9.77. The first-order chi connectivity index (χ1) is 9.24. The maximum absolute atomic E-state index is 4.55. The molecule has 0 saturated carbocycles. The monoisotopic (exact) mass is 255 g/mol. The summed E-state index contributed by atoms with van der Waals surface area (Å²) >= 11 is 0. The quantitative estimate of drug-likeness (QED) is 0.890. The average molecular weight is 255 g/mol. The van der Waals surface area contributed by atoms with Crippen LogP contribution in [0.3, 0.4) is 0 Å². The molecule has 2 aromatic rings. The van der Waals surface area contributed by atoms with Gasteiger partial charge in [0.05, 0.1) is 5.69 Å². The maximum atomic E-state index is 4.55. The van der Waals surface area contributed by atoms with Crippen LogP contribution in [0.25, 0.3) is 0 Å². The maximum Gasteiger partial charge on any atom is 0.0762 e. The van der Waals surface area contributed by atoms with Gasteiger partial charge >= 0.3 is 0 Å². The number of hydrogen-bond acceptors (Lipinski definition) is 2. The summed E-state index contributed by atoms with van der Waals surface area (Å²) in [6.07, 6.45) is 3.27. The van der Waals surface area contributed by atoms with Crippen molar-refractivity contribution >= 4 is 0 Å². The molecule has 1 aliphatic rings. The van der Waals surface area contributed by atoms with Gasteiger partial charge in [0.15, 0.2) is 0 Å². The van der Waals surface area contributed by atoms with Crippen LogP contribution in [0.4, 0.5) is 0 Å². The van der Waals surface area contributed by atoms with Crippen molar-refractivity contribution in [2.24, 2.45) is 0 Å². The lowest BCUT2D eigenvalue weighted by molar-refractivity contribution is 0.507. The fourth-order valence-corrected chi connectivity index (χ4v) is 2.68. The van der Waals surface area contributed by atoms with Gasteiger partial charge in [-0.05, 0) is 37.5 Å². The molecule has 1 atom stereocenters. The minimum Gasteiger partial charge on any atom is -0.310 e. The second-order valence-electron chi connectivity index (χ2n) is 5.61. The number of rotatable bonds is 5. The highest BCUT2D eigenvalue weighted by Crippen LogP contribution is 2.33. The predicted molar refractivity (Wildman–Crippen MR) is 77.2 cm³/mol. The summed E-state index contributed by atoms with van der Waals surface area (Å²) < 4.78 is 2.01. The summed E-state index contributed by atoms with van der Waals surface area (Å²) in [7, 11) is 0. The van der Waals surface area contributed by atoms with Gasteiger partial charge < -0.3 is 5.32 Å². The minimum atomic E-state index is 0.437. The Morgan fingerprint density at radius 1 is 1.32 bits per heavy atom. The van der Waals surface area contributed by atoms with Crippen LogP contribution in [-0.4, -0.2) is 16.3 Å². The van der Waals surface area contributed by atoms with Crippen molar-refractivity contribution in [1.29, 1.82) is 0 Å². The fraction of sp³-hybridized carbons (Fsp3) is 0.438. The molecule has 1 aromatic heterocycles. The standard InChI is InChI=1S/C16H21N3/c1-12(2)19-8-7-15(18-19)11-17-10-14-9-13-5-3-4-6-16(13)14/h3-8,12,14,17H,9-11H2,1-2H3. The second-order valence-corrected chi connectivity index (χ2v) is 5.61. The van der Waals surface area contributed by atoms with E-state index in [0.29, 0.717) is 12.0 Å². The molecule has 0 radical (unpaired) electrons. The van der Waals surface area contributed by atoms with Gasteiger partial charge in [-0.25, -0.2) is 0 Å². The molecule has 0 amide bonds. The Labute approximate surface area is 114 Å². The summed E-state index contributed by atoms with van der Waals surface area (Å²) in [5.74, 6) is 0.684. The van der Waals surface area contributed by atoms with Crippen molar-refractivity contribution in [3.63, 3.8) is 0 Å². The van der Waals surface area contributed by atoms with Gasteiger partial charge in [-0.2, -0.15) is 5.10 Å². The van der Waals surface area contributed by atoms with E-state index in [9.17, 15) is 0 Å². The zero-order chi connectivity index (χ0) is 13.2. The van der Waals surface area contributed by atoms with E-state index < -0.39 is 0 Å². The van der Waals surface area contributed by atoms with Crippen LogP contribution in [0.1, 0.15) is 42.6 Å². The first kappa shape index (κ1) is 12.4. The van der Waals surface area contributed by atoms with Gasteiger partial charge in [-0.1, -0.05) is 24.3 Å². The summed E-state index contributed by atoms with van der Waals surface area (Å²) in [5.41, 5.74) is 4.16. The van der Waals surface area contributed by atoms with E-state index in [1.165, 1.54) is 17.5 Å². The van der Waals surface area contributed by atoms with Crippen LogP contribution in [0.15, 0.2) is 36.5 Å². The number of fused-ring (bicyclic) bond motifs is 1. The van der Waals surface area contributed by atoms with Crippen LogP contribution in [0.5, 0.6) is 0 Å². The van der Waals surface area contributed by atoms with E-state index >= 15 is 0 Å². The number of benzene rings is 1. The van der Waals surface area contributed by atoms with Gasteiger partial charge in [0.1, 0.15) is 0 Å². The van der Waals surface area contributed by atoms with Crippen molar-refractivity contribution in [3.05, 3.63) is 53.3 Å². The Morgan fingerprint density at radius 2 is 2.16 bits per heavy atom. The zero-order valence-electron chi connectivity index (χ0n) is 11.6. The minimum absolute atomic E-state index is 0.437. The largest absolute Gasteiger partial charge is 0.310 e. The summed E-state index contributed by atoms with van der Waals surface area (Å²) in [4.78, 5) is 0. The lowest BCUT2D eigenvalue weighted by Gasteiger charge is -2.30. The molecule has 0 saturated heterocycles. The average Bonchev–Trinajstić information content (AvgIpc) is 2.84. The number of hydrogen-bond donors (Lipinski definition) is 1. The molecule has 0 spiro atoms. The van der Waals surface area contributed by atoms with Crippen molar-refractivity contribution in [3.8, 4) is 0 Å². The van der Waals surface area contributed by atoms with Crippen molar-refractivity contribution in [2.75, 3.05) is 6.54 Å². The summed E-state index contributed by atoms with van der Waals surface area (Å²) in [5, 5.41) is 8.07. The molecular formula is C16H21N3. The molecule has 19 heavy (non-hydrogen) atoms. The van der Waals surface area contributed by atoms with Crippen LogP contribution in [0, 0.1) is 0 Å². The third kappa shape index (κ3) is 2.56. The Kier molecular flexibility index (Phi) is 3.38. The van der Waals surface area contributed by atoms with E-state index in [1.54, 1.807) is 0 Å². The third-order valence-corrected chi connectivity index (χ3v) is 3.85. The first-order valence-corrected chi connectivity index (χ1v) is 7.06. The van der Waals surface area contributed by atoms with Gasteiger partial charge in [-0.3, -0.25) is 4.68 Å². The molecule has 100 valence electrons. The van der Waals surface area contributed by atoms with Crippen LogP contribution < -0.4 is 5.32 Å². The molecule has 1 N–H and O–H groups in total. The third-order valence-electron chi connectivity index (χ3n) is 3.85. The molecule has 1 heterocycles. The highest BCUT2D eigenvalue weighted by atomic mass is 15.3. The predicted octanol–water partition coefficient (Wildman–Crippen LogP) is 2.89. The number of nitrogens with zero attached hydrogens (tertiary/aromatic N) is 2. The van der Waals surface area contributed by atoms with E-state index in [-0.39, 0.29) is 0 Å². The van der Waals surface area contributed by atoms with E-state index in [1.807, 2.05) is 4.68 Å². The molecule has 0 fully saturated rings. The van der Waals surface area contributed by atoms with Crippen LogP contribution in [0.2, 0.25) is 0 Å². The van der Waals surface area contributed by atoms with Gasteiger partial charge in [0, 0.05) is 31.2 Å². The zero-order valence-corrected chi connectivity index (χ0v) is 11.6. The number of nitrogens with one attached hydrogen (secondary N) is 1. The molecule has 1 aliphatic carbocycles. The van der Waals surface area contributed by atoms with Gasteiger partial charge in [0.2, 0.25) is 0 Å². The SMILES string of the molecule is CC(C)n1ccc(CNCC2Cc3ccccc32)n1. The lowest BCUT2D eigenvalue weighted by Crippen LogP contribution is -2.28. The molecule has 3 nitrogen and oxygen atoms in total. The fourth-order valence-electron chi connectivity index (χ4n) is 2.68. The Hall–Kier alpha value is -1.61. The molecule has 1 unspecified atom stereocenters. The van der Waals surface area contributed by atoms with Crippen molar-refractivity contribution < 1.29 is 0 Å². The number of aromatic nitrogens is 2. The van der Waals surface area contributed by atoms with Crippen LogP contribution in [-0.2, 0) is 13.0 Å². The van der Waals surface area contributed by atoms with E-state index in [0.717, 1.165) is 18.8 Å². The molecule has 0 aliphatic heterocycles. The Bertz CT molecular complexity index is 557. The second kappa shape index (κ2) is 5.17. The highest BCUT2D eigenvalue weighted by Gasteiger charge is 2.24.